The first-order chi connectivity index (χ1) is 11.4. The number of hydrogen-bond acceptors (Lipinski definition) is 5. The van der Waals surface area contributed by atoms with Crippen molar-refractivity contribution < 1.29 is 14.3 Å². The van der Waals surface area contributed by atoms with Crippen LogP contribution < -0.4 is 10.5 Å². The monoisotopic (exact) mass is 345 g/mol. The number of anilines is 1. The molecule has 0 spiro atoms. The van der Waals surface area contributed by atoms with Gasteiger partial charge in [-0.25, -0.2) is 4.98 Å². The van der Waals surface area contributed by atoms with Crippen molar-refractivity contribution >= 4 is 29.1 Å². The van der Waals surface area contributed by atoms with Crippen LogP contribution in [-0.4, -0.2) is 28.3 Å². The van der Waals surface area contributed by atoms with Crippen LogP contribution in [0.3, 0.4) is 0 Å². The highest BCUT2D eigenvalue weighted by atomic mass is 35.5. The third-order valence-corrected chi connectivity index (χ3v) is 4.11. The normalized spacial score (nSPS) is 13.4. The van der Waals surface area contributed by atoms with Crippen molar-refractivity contribution in [2.45, 2.75) is 20.4 Å². The number of hydrogen-bond donors (Lipinski definition) is 1. The van der Waals surface area contributed by atoms with Gasteiger partial charge in [-0.2, -0.15) is 0 Å². The van der Waals surface area contributed by atoms with Gasteiger partial charge in [0.1, 0.15) is 0 Å². The summed E-state index contributed by atoms with van der Waals surface area (Å²) in [4.78, 5) is 30.7. The first-order valence-electron chi connectivity index (χ1n) is 7.47. The van der Waals surface area contributed by atoms with Crippen molar-refractivity contribution in [3.05, 3.63) is 51.7 Å². The van der Waals surface area contributed by atoms with E-state index in [0.717, 1.165) is 10.6 Å². The molecule has 124 valence electrons. The van der Waals surface area contributed by atoms with E-state index >= 15 is 0 Å². The zero-order valence-corrected chi connectivity index (χ0v) is 14.1. The molecule has 1 aromatic heterocycles. The summed E-state index contributed by atoms with van der Waals surface area (Å²) in [5.74, 6) is -0.513. The minimum Gasteiger partial charge on any atom is -0.478 e. The van der Waals surface area contributed by atoms with E-state index in [2.05, 4.69) is 4.98 Å². The van der Waals surface area contributed by atoms with Gasteiger partial charge in [-0.3, -0.25) is 14.5 Å². The zero-order valence-electron chi connectivity index (χ0n) is 13.3. The minimum atomic E-state index is -0.463. The van der Waals surface area contributed by atoms with E-state index in [1.54, 1.807) is 12.1 Å². The van der Waals surface area contributed by atoms with Gasteiger partial charge >= 0.3 is 0 Å². The predicted octanol–water partition coefficient (Wildman–Crippen LogP) is 2.82. The van der Waals surface area contributed by atoms with Crippen molar-refractivity contribution in [3.63, 3.8) is 0 Å². The number of ether oxygens (including phenoxy) is 1. The van der Waals surface area contributed by atoms with Crippen LogP contribution in [0.15, 0.2) is 24.3 Å². The van der Waals surface area contributed by atoms with E-state index in [0.29, 0.717) is 18.1 Å². The minimum absolute atomic E-state index is 0.0464. The average Bonchev–Trinajstić information content (AvgIpc) is 2.79. The molecule has 0 saturated heterocycles. The van der Waals surface area contributed by atoms with Gasteiger partial charge < -0.3 is 10.5 Å². The molecule has 2 aromatic rings. The fourth-order valence-corrected chi connectivity index (χ4v) is 2.89. The number of rotatable bonds is 4. The molecule has 0 unspecified atom stereocenters. The number of nitrogens with zero attached hydrogens (tertiary/aromatic N) is 2. The lowest BCUT2D eigenvalue weighted by Crippen LogP contribution is -2.29. The van der Waals surface area contributed by atoms with Gasteiger partial charge in [0.15, 0.2) is 0 Å². The molecule has 0 bridgehead atoms. The Morgan fingerprint density at radius 2 is 1.88 bits per heavy atom. The molecule has 7 heteroatoms. The van der Waals surface area contributed by atoms with Crippen LogP contribution in [0.5, 0.6) is 5.88 Å². The quantitative estimate of drug-likeness (QED) is 0.680. The van der Waals surface area contributed by atoms with Gasteiger partial charge in [-0.15, -0.1) is 0 Å². The molecule has 2 amide bonds. The lowest BCUT2D eigenvalue weighted by atomic mass is 10.1. The van der Waals surface area contributed by atoms with Crippen LogP contribution in [0, 0.1) is 6.92 Å². The maximum Gasteiger partial charge on any atom is 0.264 e. The van der Waals surface area contributed by atoms with Crippen molar-refractivity contribution in [2.75, 3.05) is 12.3 Å². The third kappa shape index (κ3) is 2.59. The lowest BCUT2D eigenvalue weighted by Gasteiger charge is -2.16. The second kappa shape index (κ2) is 6.13. The molecule has 0 atom stereocenters. The van der Waals surface area contributed by atoms with Gasteiger partial charge in [-0.1, -0.05) is 17.7 Å². The van der Waals surface area contributed by atoms with Crippen molar-refractivity contribution in [1.82, 2.24) is 9.88 Å². The molecule has 0 radical (unpaired) electrons. The third-order valence-electron chi connectivity index (χ3n) is 3.79. The first-order valence-corrected chi connectivity index (χ1v) is 7.85. The summed E-state index contributed by atoms with van der Waals surface area (Å²) in [6.07, 6.45) is 0. The van der Waals surface area contributed by atoms with E-state index in [-0.39, 0.29) is 28.4 Å². The Morgan fingerprint density at radius 3 is 2.54 bits per heavy atom. The largest absolute Gasteiger partial charge is 0.478 e. The highest BCUT2D eigenvalue weighted by Crippen LogP contribution is 2.34. The maximum atomic E-state index is 12.6. The van der Waals surface area contributed by atoms with Gasteiger partial charge in [0.25, 0.3) is 11.8 Å². The second-order valence-corrected chi connectivity index (χ2v) is 5.84. The highest BCUT2D eigenvalue weighted by molar-refractivity contribution is 6.37. The number of benzene rings is 1. The zero-order chi connectivity index (χ0) is 17.4. The number of nitrogens with two attached hydrogens (primary N) is 1. The van der Waals surface area contributed by atoms with Gasteiger partial charge in [0.05, 0.1) is 29.3 Å². The number of pyridine rings is 1. The number of fused-ring (bicyclic) bond motifs is 1. The number of imide groups is 1. The average molecular weight is 346 g/mol. The predicted molar refractivity (Wildman–Crippen MR) is 90.2 cm³/mol. The van der Waals surface area contributed by atoms with Crippen molar-refractivity contribution in [2.24, 2.45) is 0 Å². The Labute approximate surface area is 144 Å². The van der Waals surface area contributed by atoms with Crippen LogP contribution in [-0.2, 0) is 6.54 Å². The number of carbonyl (C=O) groups is 2. The maximum absolute atomic E-state index is 12.6. The van der Waals surface area contributed by atoms with E-state index in [1.807, 2.05) is 13.8 Å². The number of nitrogen functional groups attached to an aromatic ring is 1. The molecule has 0 saturated carbocycles. The SMILES string of the molecule is CCOc1nc(C)ccc1CN1C(=O)c2c(N)ccc(Cl)c2C1=O. The summed E-state index contributed by atoms with van der Waals surface area (Å²) in [5.41, 5.74) is 7.83. The van der Waals surface area contributed by atoms with E-state index in [9.17, 15) is 9.59 Å². The Kier molecular flexibility index (Phi) is 4.15. The number of carbonyl (C=O) groups excluding carboxylic acids is 2. The fourth-order valence-electron chi connectivity index (χ4n) is 2.65. The van der Waals surface area contributed by atoms with Crippen molar-refractivity contribution in [1.29, 1.82) is 0 Å². The standard InChI is InChI=1S/C17H16ClN3O3/c1-3-24-15-10(5-4-9(2)20-15)8-21-16(22)13-11(18)6-7-12(19)14(13)17(21)23/h4-7H,3,8,19H2,1-2H3. The Morgan fingerprint density at radius 1 is 1.17 bits per heavy atom. The molecule has 1 aromatic carbocycles. The molecule has 24 heavy (non-hydrogen) atoms. The summed E-state index contributed by atoms with van der Waals surface area (Å²) < 4.78 is 5.51. The van der Waals surface area contributed by atoms with Gasteiger partial charge in [-0.05, 0) is 32.0 Å². The topological polar surface area (TPSA) is 85.5 Å². The molecule has 3 rings (SSSR count). The Bertz CT molecular complexity index is 810. The fraction of sp³-hybridized carbons (Fsp3) is 0.235. The molecule has 6 nitrogen and oxygen atoms in total. The van der Waals surface area contributed by atoms with Gasteiger partial charge in [0.2, 0.25) is 5.88 Å². The Hall–Kier alpha value is -2.60. The van der Waals surface area contributed by atoms with E-state index in [1.165, 1.54) is 12.1 Å². The summed E-state index contributed by atoms with van der Waals surface area (Å²) in [6.45, 7) is 4.17. The van der Waals surface area contributed by atoms with Crippen LogP contribution >= 0.6 is 11.6 Å². The number of aromatic nitrogens is 1. The van der Waals surface area contributed by atoms with Crippen LogP contribution in [0.25, 0.3) is 0 Å². The second-order valence-electron chi connectivity index (χ2n) is 5.43. The smallest absolute Gasteiger partial charge is 0.264 e. The van der Waals surface area contributed by atoms with E-state index in [4.69, 9.17) is 22.1 Å². The van der Waals surface area contributed by atoms with Gasteiger partial charge in [0, 0.05) is 16.9 Å². The van der Waals surface area contributed by atoms with Crippen LogP contribution in [0.1, 0.15) is 38.9 Å². The number of aryl methyl sites for hydroxylation is 1. The molecule has 0 aliphatic carbocycles. The molecular formula is C17H16ClN3O3. The number of halogens is 1. The van der Waals surface area contributed by atoms with Crippen molar-refractivity contribution in [3.8, 4) is 5.88 Å². The summed E-state index contributed by atoms with van der Waals surface area (Å²) >= 11 is 6.08. The summed E-state index contributed by atoms with van der Waals surface area (Å²) in [6, 6.07) is 6.64. The lowest BCUT2D eigenvalue weighted by molar-refractivity contribution is 0.0641. The van der Waals surface area contributed by atoms with E-state index < -0.39 is 11.8 Å². The summed E-state index contributed by atoms with van der Waals surface area (Å²) in [7, 11) is 0. The molecule has 2 heterocycles. The molecular weight excluding hydrogens is 330 g/mol. The number of amides is 2. The molecule has 0 fully saturated rings. The Balaban J connectivity index is 1.99. The highest BCUT2D eigenvalue weighted by Gasteiger charge is 2.39. The molecule has 1 aliphatic rings. The van der Waals surface area contributed by atoms with Crippen LogP contribution in [0.2, 0.25) is 5.02 Å². The molecule has 1 aliphatic heterocycles. The first kappa shape index (κ1) is 16.3. The van der Waals surface area contributed by atoms with Crippen LogP contribution in [0.4, 0.5) is 5.69 Å². The molecule has 2 N–H and O–H groups in total. The summed E-state index contributed by atoms with van der Waals surface area (Å²) in [5, 5.41) is 0.215.